The lowest BCUT2D eigenvalue weighted by molar-refractivity contribution is 0.399. The van der Waals surface area contributed by atoms with E-state index in [4.69, 9.17) is 4.42 Å². The Balaban J connectivity index is 2.74. The first kappa shape index (κ1) is 13.7. The van der Waals surface area contributed by atoms with Gasteiger partial charge in [0.2, 0.25) is 5.75 Å². The Labute approximate surface area is 115 Å². The van der Waals surface area contributed by atoms with Crippen molar-refractivity contribution >= 4 is 16.5 Å². The molecule has 20 heavy (non-hydrogen) atoms. The molecular formula is C16H14O4. The van der Waals surface area contributed by atoms with Gasteiger partial charge in [0.05, 0.1) is 5.39 Å². The number of rotatable bonds is 3. The summed E-state index contributed by atoms with van der Waals surface area (Å²) in [7, 11) is 0. The predicted octanol–water partition coefficient (Wildman–Crippen LogP) is 3.35. The third-order valence-electron chi connectivity index (χ3n) is 2.86. The molecule has 1 heterocycles. The van der Waals surface area contributed by atoms with Gasteiger partial charge in [-0.1, -0.05) is 30.9 Å². The van der Waals surface area contributed by atoms with Gasteiger partial charge < -0.3 is 14.6 Å². The van der Waals surface area contributed by atoms with Crippen molar-refractivity contribution in [1.29, 1.82) is 0 Å². The minimum Gasteiger partial charge on any atom is -0.504 e. The number of allylic oxidation sites excluding steroid dienone is 5. The van der Waals surface area contributed by atoms with Crippen LogP contribution in [0.3, 0.4) is 0 Å². The van der Waals surface area contributed by atoms with Gasteiger partial charge in [-0.05, 0) is 19.1 Å². The van der Waals surface area contributed by atoms with Crippen molar-refractivity contribution in [2.24, 2.45) is 0 Å². The standard InChI is InChI=1S/C16H14O4/c1-3-5-6-10(4-2)14-9-13(18)11-7-8-12(17)15(19)16(11)20-14/h3-9,17,19H,1H2,2H3/b6-5-,10-4+. The maximum absolute atomic E-state index is 12.0. The summed E-state index contributed by atoms with van der Waals surface area (Å²) in [4.78, 5) is 12.0. The summed E-state index contributed by atoms with van der Waals surface area (Å²) in [6.45, 7) is 5.38. The Morgan fingerprint density at radius 1 is 1.35 bits per heavy atom. The van der Waals surface area contributed by atoms with Crippen LogP contribution in [-0.4, -0.2) is 10.2 Å². The van der Waals surface area contributed by atoms with Crippen LogP contribution in [0.25, 0.3) is 16.5 Å². The van der Waals surface area contributed by atoms with Crippen LogP contribution in [0.1, 0.15) is 12.7 Å². The number of fused-ring (bicyclic) bond motifs is 1. The smallest absolute Gasteiger partial charge is 0.201 e. The van der Waals surface area contributed by atoms with Gasteiger partial charge in [-0.3, -0.25) is 4.79 Å². The summed E-state index contributed by atoms with van der Waals surface area (Å²) < 4.78 is 5.54. The Bertz CT molecular complexity index is 779. The monoisotopic (exact) mass is 270 g/mol. The lowest BCUT2D eigenvalue weighted by Crippen LogP contribution is -2.01. The summed E-state index contributed by atoms with van der Waals surface area (Å²) in [5.41, 5.74) is 0.355. The lowest BCUT2D eigenvalue weighted by atomic mass is 10.1. The van der Waals surface area contributed by atoms with Crippen LogP contribution < -0.4 is 5.43 Å². The SMILES string of the molecule is C=C/C=C\C(=C/C)c1cc(=O)c2ccc(O)c(O)c2o1. The van der Waals surface area contributed by atoms with Gasteiger partial charge in [0.25, 0.3) is 0 Å². The highest BCUT2D eigenvalue weighted by Gasteiger charge is 2.13. The Morgan fingerprint density at radius 3 is 2.75 bits per heavy atom. The first-order chi connectivity index (χ1) is 9.58. The highest BCUT2D eigenvalue weighted by Crippen LogP contribution is 2.33. The molecule has 4 nitrogen and oxygen atoms in total. The van der Waals surface area contributed by atoms with Gasteiger partial charge in [0, 0.05) is 11.6 Å². The van der Waals surface area contributed by atoms with E-state index in [0.29, 0.717) is 11.3 Å². The molecule has 2 rings (SSSR count). The average molecular weight is 270 g/mol. The summed E-state index contributed by atoms with van der Waals surface area (Å²) in [6, 6.07) is 4.01. The first-order valence-corrected chi connectivity index (χ1v) is 6.03. The van der Waals surface area contributed by atoms with E-state index in [0.717, 1.165) is 0 Å². The second-order valence-corrected chi connectivity index (χ2v) is 4.12. The van der Waals surface area contributed by atoms with Crippen LogP contribution in [0.15, 0.2) is 58.3 Å². The van der Waals surface area contributed by atoms with Crippen molar-refractivity contribution in [1.82, 2.24) is 0 Å². The number of hydrogen-bond acceptors (Lipinski definition) is 4. The van der Waals surface area contributed by atoms with Gasteiger partial charge in [-0.15, -0.1) is 0 Å². The molecule has 0 aliphatic carbocycles. The first-order valence-electron chi connectivity index (χ1n) is 6.03. The molecule has 0 saturated heterocycles. The second kappa shape index (κ2) is 5.48. The minimum atomic E-state index is -0.440. The average Bonchev–Trinajstić information content (AvgIpc) is 2.44. The zero-order valence-corrected chi connectivity index (χ0v) is 11.0. The van der Waals surface area contributed by atoms with Crippen molar-refractivity contribution in [3.05, 3.63) is 65.1 Å². The van der Waals surface area contributed by atoms with Gasteiger partial charge in [-0.2, -0.15) is 0 Å². The predicted molar refractivity (Wildman–Crippen MR) is 78.8 cm³/mol. The fourth-order valence-electron chi connectivity index (χ4n) is 1.83. The van der Waals surface area contributed by atoms with E-state index in [1.807, 2.05) is 0 Å². The van der Waals surface area contributed by atoms with Crippen LogP contribution in [0.2, 0.25) is 0 Å². The second-order valence-electron chi connectivity index (χ2n) is 4.12. The molecule has 102 valence electrons. The number of aromatic hydroxyl groups is 2. The van der Waals surface area contributed by atoms with E-state index in [1.165, 1.54) is 18.2 Å². The molecule has 0 atom stereocenters. The van der Waals surface area contributed by atoms with E-state index in [2.05, 4.69) is 6.58 Å². The molecule has 0 spiro atoms. The lowest BCUT2D eigenvalue weighted by Gasteiger charge is -2.06. The molecule has 0 aliphatic heterocycles. The fraction of sp³-hybridized carbons (Fsp3) is 0.0625. The van der Waals surface area contributed by atoms with Crippen molar-refractivity contribution in [3.8, 4) is 11.5 Å². The summed E-state index contributed by atoms with van der Waals surface area (Å²) in [6.07, 6.45) is 6.81. The Morgan fingerprint density at radius 2 is 2.10 bits per heavy atom. The van der Waals surface area contributed by atoms with Crippen LogP contribution in [0.5, 0.6) is 11.5 Å². The fourth-order valence-corrected chi connectivity index (χ4v) is 1.83. The highest BCUT2D eigenvalue weighted by molar-refractivity contribution is 5.86. The molecule has 0 saturated carbocycles. The number of benzene rings is 1. The Hall–Kier alpha value is -2.75. The Kier molecular flexibility index (Phi) is 3.75. The largest absolute Gasteiger partial charge is 0.504 e. The third-order valence-corrected chi connectivity index (χ3v) is 2.86. The zero-order valence-electron chi connectivity index (χ0n) is 11.0. The molecular weight excluding hydrogens is 256 g/mol. The minimum absolute atomic E-state index is 0.0288. The third kappa shape index (κ3) is 2.36. The van der Waals surface area contributed by atoms with Crippen LogP contribution in [0.4, 0.5) is 0 Å². The van der Waals surface area contributed by atoms with Gasteiger partial charge in [0.1, 0.15) is 5.76 Å². The van der Waals surface area contributed by atoms with Crippen molar-refractivity contribution in [3.63, 3.8) is 0 Å². The number of hydrogen-bond donors (Lipinski definition) is 2. The highest BCUT2D eigenvalue weighted by atomic mass is 16.4. The molecule has 0 bridgehead atoms. The molecule has 1 aromatic carbocycles. The van der Waals surface area contributed by atoms with E-state index in [-0.39, 0.29) is 22.1 Å². The molecule has 1 aromatic heterocycles. The number of phenolic OH excluding ortho intramolecular Hbond substituents is 2. The van der Waals surface area contributed by atoms with Crippen LogP contribution >= 0.6 is 0 Å². The molecule has 2 N–H and O–H groups in total. The maximum Gasteiger partial charge on any atom is 0.201 e. The molecule has 2 aromatic rings. The summed E-state index contributed by atoms with van der Waals surface area (Å²) >= 11 is 0. The molecule has 4 heteroatoms. The summed E-state index contributed by atoms with van der Waals surface area (Å²) in [5, 5.41) is 19.5. The molecule has 0 aliphatic rings. The van der Waals surface area contributed by atoms with Crippen molar-refractivity contribution < 1.29 is 14.6 Å². The van der Waals surface area contributed by atoms with Crippen LogP contribution in [-0.2, 0) is 0 Å². The normalized spacial score (nSPS) is 12.2. The molecule has 0 unspecified atom stereocenters. The van der Waals surface area contributed by atoms with Gasteiger partial charge in [0.15, 0.2) is 16.8 Å². The molecule has 0 radical (unpaired) electrons. The van der Waals surface area contributed by atoms with Crippen molar-refractivity contribution in [2.75, 3.05) is 0 Å². The van der Waals surface area contributed by atoms with Crippen LogP contribution in [0, 0.1) is 0 Å². The topological polar surface area (TPSA) is 70.7 Å². The van der Waals surface area contributed by atoms with Gasteiger partial charge in [-0.25, -0.2) is 0 Å². The van der Waals surface area contributed by atoms with E-state index < -0.39 is 5.75 Å². The van der Waals surface area contributed by atoms with E-state index in [9.17, 15) is 15.0 Å². The number of phenols is 2. The quantitative estimate of drug-likeness (QED) is 0.662. The molecule has 0 fully saturated rings. The zero-order chi connectivity index (χ0) is 14.7. The van der Waals surface area contributed by atoms with Gasteiger partial charge >= 0.3 is 0 Å². The van der Waals surface area contributed by atoms with Crippen molar-refractivity contribution in [2.45, 2.75) is 6.92 Å². The summed E-state index contributed by atoms with van der Waals surface area (Å²) in [5.74, 6) is -0.463. The van der Waals surface area contributed by atoms with E-state index >= 15 is 0 Å². The maximum atomic E-state index is 12.0. The van der Waals surface area contributed by atoms with E-state index in [1.54, 1.807) is 31.2 Å². The molecule has 0 amide bonds.